The van der Waals surface area contributed by atoms with Crippen LogP contribution in [0, 0.1) is 0 Å². The van der Waals surface area contributed by atoms with Gasteiger partial charge < -0.3 is 9.47 Å². The molecule has 0 aliphatic rings. The Morgan fingerprint density at radius 3 is 1.77 bits per heavy atom. The van der Waals surface area contributed by atoms with E-state index in [9.17, 15) is 8.42 Å². The van der Waals surface area contributed by atoms with Gasteiger partial charge in [0.2, 0.25) is 10.0 Å². The van der Waals surface area contributed by atoms with E-state index in [0.29, 0.717) is 39.5 Å². The maximum atomic E-state index is 13.0. The van der Waals surface area contributed by atoms with E-state index in [4.69, 9.17) is 9.47 Å². The number of rotatable bonds is 11. The molecule has 0 saturated heterocycles. The van der Waals surface area contributed by atoms with Crippen molar-refractivity contribution in [3.63, 3.8) is 0 Å². The molecule has 0 heterocycles. The van der Waals surface area contributed by atoms with E-state index in [1.54, 1.807) is 12.1 Å². The summed E-state index contributed by atoms with van der Waals surface area (Å²) in [6.07, 6.45) is 0. The molecule has 0 fully saturated rings. The lowest BCUT2D eigenvalue weighted by Crippen LogP contribution is -2.36. The van der Waals surface area contributed by atoms with Crippen LogP contribution in [-0.2, 0) is 19.5 Å². The monoisotopic (exact) mass is 377 g/mol. The molecule has 0 N–H and O–H groups in total. The standard InChI is InChI=1S/C20H27NO4S/c1-3-24-16-14-21(15-17-25-4-2)26(22,23)20-12-10-19(11-13-20)18-8-6-5-7-9-18/h5-13H,3-4,14-17H2,1-2H3. The summed E-state index contributed by atoms with van der Waals surface area (Å²) in [5.41, 5.74) is 2.04. The Morgan fingerprint density at radius 2 is 1.27 bits per heavy atom. The zero-order chi connectivity index (χ0) is 18.8. The van der Waals surface area contributed by atoms with Crippen LogP contribution in [0.15, 0.2) is 59.5 Å². The lowest BCUT2D eigenvalue weighted by atomic mass is 10.1. The second-order valence-electron chi connectivity index (χ2n) is 5.69. The fourth-order valence-electron chi connectivity index (χ4n) is 2.57. The Bertz CT molecular complexity index is 735. The van der Waals surface area contributed by atoms with E-state index in [2.05, 4.69) is 0 Å². The molecule has 2 aromatic carbocycles. The minimum atomic E-state index is -3.59. The van der Waals surface area contributed by atoms with Crippen molar-refractivity contribution < 1.29 is 17.9 Å². The number of benzene rings is 2. The van der Waals surface area contributed by atoms with Crippen molar-refractivity contribution in [2.45, 2.75) is 18.7 Å². The second kappa shape index (κ2) is 10.4. The molecule has 0 unspecified atom stereocenters. The van der Waals surface area contributed by atoms with Gasteiger partial charge in [0.1, 0.15) is 0 Å². The lowest BCUT2D eigenvalue weighted by Gasteiger charge is -2.22. The Labute approximate surface area is 156 Å². The van der Waals surface area contributed by atoms with Crippen LogP contribution < -0.4 is 0 Å². The van der Waals surface area contributed by atoms with Gasteiger partial charge in [0, 0.05) is 26.3 Å². The average Bonchev–Trinajstić information content (AvgIpc) is 2.68. The predicted octanol–water partition coefficient (Wildman–Crippen LogP) is 3.42. The molecule has 0 atom stereocenters. The summed E-state index contributed by atoms with van der Waals surface area (Å²) < 4.78 is 38.1. The van der Waals surface area contributed by atoms with Crippen LogP contribution in [0.4, 0.5) is 0 Å². The van der Waals surface area contributed by atoms with E-state index in [1.165, 1.54) is 4.31 Å². The first-order valence-corrected chi connectivity index (χ1v) is 10.3. The highest BCUT2D eigenvalue weighted by molar-refractivity contribution is 7.89. The maximum Gasteiger partial charge on any atom is 0.243 e. The first kappa shape index (κ1) is 20.6. The third-order valence-electron chi connectivity index (χ3n) is 3.98. The molecule has 26 heavy (non-hydrogen) atoms. The summed E-state index contributed by atoms with van der Waals surface area (Å²) in [5, 5.41) is 0. The molecule has 0 aliphatic heterocycles. The fraction of sp³-hybridized carbons (Fsp3) is 0.400. The smallest absolute Gasteiger partial charge is 0.243 e. The molecular weight excluding hydrogens is 350 g/mol. The molecule has 2 rings (SSSR count). The van der Waals surface area contributed by atoms with Crippen LogP contribution in [0.1, 0.15) is 13.8 Å². The van der Waals surface area contributed by atoms with Gasteiger partial charge in [-0.2, -0.15) is 4.31 Å². The highest BCUT2D eigenvalue weighted by Gasteiger charge is 2.24. The van der Waals surface area contributed by atoms with Gasteiger partial charge in [-0.1, -0.05) is 42.5 Å². The SMILES string of the molecule is CCOCCN(CCOCC)S(=O)(=O)c1ccc(-c2ccccc2)cc1. The molecule has 0 spiro atoms. The highest BCUT2D eigenvalue weighted by Crippen LogP contribution is 2.22. The van der Waals surface area contributed by atoms with Crippen LogP contribution in [0.3, 0.4) is 0 Å². The largest absolute Gasteiger partial charge is 0.380 e. The minimum Gasteiger partial charge on any atom is -0.380 e. The molecule has 2 aromatic rings. The van der Waals surface area contributed by atoms with Gasteiger partial charge in [-0.15, -0.1) is 0 Å². The lowest BCUT2D eigenvalue weighted by molar-refractivity contribution is 0.110. The first-order chi connectivity index (χ1) is 12.6. The first-order valence-electron chi connectivity index (χ1n) is 8.90. The normalized spacial score (nSPS) is 11.8. The highest BCUT2D eigenvalue weighted by atomic mass is 32.2. The van der Waals surface area contributed by atoms with Crippen LogP contribution in [0.5, 0.6) is 0 Å². The molecular formula is C20H27NO4S. The van der Waals surface area contributed by atoms with Gasteiger partial charge in [-0.05, 0) is 37.1 Å². The maximum absolute atomic E-state index is 13.0. The summed E-state index contributed by atoms with van der Waals surface area (Å²) >= 11 is 0. The molecule has 5 nitrogen and oxygen atoms in total. The zero-order valence-electron chi connectivity index (χ0n) is 15.4. The summed E-state index contributed by atoms with van der Waals surface area (Å²) in [5.74, 6) is 0. The van der Waals surface area contributed by atoms with Gasteiger partial charge in [-0.3, -0.25) is 0 Å². The van der Waals surface area contributed by atoms with Crippen LogP contribution in [-0.4, -0.2) is 52.2 Å². The van der Waals surface area contributed by atoms with Crippen molar-refractivity contribution >= 4 is 10.0 Å². The van der Waals surface area contributed by atoms with E-state index in [0.717, 1.165) is 11.1 Å². The number of ether oxygens (including phenoxy) is 2. The van der Waals surface area contributed by atoms with Crippen LogP contribution in [0.25, 0.3) is 11.1 Å². The molecule has 0 saturated carbocycles. The second-order valence-corrected chi connectivity index (χ2v) is 7.63. The Hall–Kier alpha value is -1.73. The summed E-state index contributed by atoms with van der Waals surface area (Å²) in [6.45, 7) is 6.25. The Kier molecular flexibility index (Phi) is 8.25. The molecule has 0 aromatic heterocycles. The zero-order valence-corrected chi connectivity index (χ0v) is 16.2. The molecule has 0 aliphatic carbocycles. The van der Waals surface area contributed by atoms with E-state index in [1.807, 2.05) is 56.3 Å². The fourth-order valence-corrected chi connectivity index (χ4v) is 3.98. The topological polar surface area (TPSA) is 55.8 Å². The van der Waals surface area contributed by atoms with Gasteiger partial charge >= 0.3 is 0 Å². The van der Waals surface area contributed by atoms with E-state index in [-0.39, 0.29) is 4.90 Å². The Balaban J connectivity index is 2.17. The third kappa shape index (κ3) is 5.64. The van der Waals surface area contributed by atoms with Crippen molar-refractivity contribution in [2.75, 3.05) is 39.5 Å². The van der Waals surface area contributed by atoms with Gasteiger partial charge in [0.05, 0.1) is 18.1 Å². The minimum absolute atomic E-state index is 0.283. The van der Waals surface area contributed by atoms with Crippen molar-refractivity contribution in [3.05, 3.63) is 54.6 Å². The molecule has 6 heteroatoms. The van der Waals surface area contributed by atoms with Crippen molar-refractivity contribution in [3.8, 4) is 11.1 Å². The van der Waals surface area contributed by atoms with E-state index < -0.39 is 10.0 Å². The van der Waals surface area contributed by atoms with Crippen molar-refractivity contribution in [1.82, 2.24) is 4.31 Å². The summed E-state index contributed by atoms with van der Waals surface area (Å²) in [4.78, 5) is 0.283. The third-order valence-corrected chi connectivity index (χ3v) is 5.89. The Morgan fingerprint density at radius 1 is 0.769 bits per heavy atom. The quantitative estimate of drug-likeness (QED) is 0.563. The van der Waals surface area contributed by atoms with Crippen LogP contribution >= 0.6 is 0 Å². The summed E-state index contributed by atoms with van der Waals surface area (Å²) in [6, 6.07) is 16.9. The number of hydrogen-bond acceptors (Lipinski definition) is 4. The number of hydrogen-bond donors (Lipinski definition) is 0. The van der Waals surface area contributed by atoms with E-state index >= 15 is 0 Å². The molecule has 142 valence electrons. The van der Waals surface area contributed by atoms with Gasteiger partial charge in [0.25, 0.3) is 0 Å². The molecule has 0 radical (unpaired) electrons. The number of sulfonamides is 1. The van der Waals surface area contributed by atoms with Gasteiger partial charge in [-0.25, -0.2) is 8.42 Å². The van der Waals surface area contributed by atoms with Crippen molar-refractivity contribution in [2.24, 2.45) is 0 Å². The number of nitrogens with zero attached hydrogens (tertiary/aromatic N) is 1. The van der Waals surface area contributed by atoms with Crippen molar-refractivity contribution in [1.29, 1.82) is 0 Å². The predicted molar refractivity (Wildman–Crippen MR) is 104 cm³/mol. The summed E-state index contributed by atoms with van der Waals surface area (Å²) in [7, 11) is -3.59. The average molecular weight is 378 g/mol. The van der Waals surface area contributed by atoms with Crippen LogP contribution in [0.2, 0.25) is 0 Å². The van der Waals surface area contributed by atoms with Gasteiger partial charge in [0.15, 0.2) is 0 Å². The molecule has 0 bridgehead atoms. The molecule has 0 amide bonds.